The first-order valence-electron chi connectivity index (χ1n) is 5.92. The number of terminal acetylenes is 1. The van der Waals surface area contributed by atoms with Crippen LogP contribution in [0.2, 0.25) is 0 Å². The van der Waals surface area contributed by atoms with Crippen molar-refractivity contribution >= 4 is 5.78 Å². The molecule has 0 radical (unpaired) electrons. The van der Waals surface area contributed by atoms with E-state index < -0.39 is 0 Å². The first-order chi connectivity index (χ1) is 8.15. The predicted octanol–water partition coefficient (Wildman–Crippen LogP) is 0.399. The highest BCUT2D eigenvalue weighted by Crippen LogP contribution is 2.07. The van der Waals surface area contributed by atoms with Crippen molar-refractivity contribution in [3.63, 3.8) is 0 Å². The maximum absolute atomic E-state index is 10.9. The molecule has 0 aliphatic heterocycles. The van der Waals surface area contributed by atoms with E-state index in [2.05, 4.69) is 16.6 Å². The number of allylic oxidation sites excluding steroid dienone is 1. The summed E-state index contributed by atoms with van der Waals surface area (Å²) in [5, 5.41) is 6.26. The molecule has 96 valence electrons. The topological polar surface area (TPSA) is 67.2 Å². The zero-order valence-electron chi connectivity index (χ0n) is 10.8. The molecule has 0 heterocycles. The molecule has 4 heteroatoms. The number of ketones is 1. The summed E-state index contributed by atoms with van der Waals surface area (Å²) in [5.41, 5.74) is 6.35. The Morgan fingerprint density at radius 2 is 2.24 bits per heavy atom. The number of nitrogens with one attached hydrogen (secondary N) is 2. The monoisotopic (exact) mass is 237 g/mol. The Balaban J connectivity index is 4.37. The van der Waals surface area contributed by atoms with Gasteiger partial charge in [0.05, 0.1) is 6.54 Å². The third-order valence-corrected chi connectivity index (χ3v) is 2.45. The number of hydrogen-bond donors (Lipinski definition) is 3. The molecule has 0 aliphatic rings. The number of carbonyl (C=O) groups excluding carboxylic acids is 1. The van der Waals surface area contributed by atoms with E-state index in [-0.39, 0.29) is 11.8 Å². The molecule has 0 rings (SSSR count). The summed E-state index contributed by atoms with van der Waals surface area (Å²) in [6, 6.07) is 0.150. The molecule has 0 spiro atoms. The number of hydrogen-bond acceptors (Lipinski definition) is 4. The molecular weight excluding hydrogens is 214 g/mol. The lowest BCUT2D eigenvalue weighted by Gasteiger charge is -2.20. The Labute approximate surface area is 104 Å². The van der Waals surface area contributed by atoms with E-state index in [1.807, 2.05) is 7.05 Å². The van der Waals surface area contributed by atoms with Crippen LogP contribution >= 0.6 is 0 Å². The maximum Gasteiger partial charge on any atom is 0.148 e. The van der Waals surface area contributed by atoms with Crippen LogP contribution in [-0.4, -0.2) is 32.0 Å². The van der Waals surface area contributed by atoms with Gasteiger partial charge in [-0.1, -0.05) is 12.3 Å². The molecule has 0 aromatic carbocycles. The van der Waals surface area contributed by atoms with Crippen LogP contribution in [0.5, 0.6) is 0 Å². The summed E-state index contributed by atoms with van der Waals surface area (Å²) >= 11 is 0. The van der Waals surface area contributed by atoms with E-state index in [9.17, 15) is 4.79 Å². The molecule has 0 bridgehead atoms. The lowest BCUT2D eigenvalue weighted by atomic mass is 10.1. The quantitative estimate of drug-likeness (QED) is 0.401. The second-order valence-corrected chi connectivity index (χ2v) is 3.95. The van der Waals surface area contributed by atoms with Gasteiger partial charge in [-0.15, -0.1) is 6.42 Å². The molecule has 0 saturated carbocycles. The smallest absolute Gasteiger partial charge is 0.148 e. The molecule has 17 heavy (non-hydrogen) atoms. The summed E-state index contributed by atoms with van der Waals surface area (Å²) in [6.45, 7) is 2.55. The summed E-state index contributed by atoms with van der Waals surface area (Å²) in [4.78, 5) is 10.9. The number of Topliss-reactive ketones (excluding diaryl/α,β-unsaturated/α-hetero) is 1. The van der Waals surface area contributed by atoms with Crippen LogP contribution in [0.15, 0.2) is 11.8 Å². The van der Waals surface area contributed by atoms with Gasteiger partial charge in [-0.25, -0.2) is 0 Å². The Hall–Kier alpha value is -1.31. The van der Waals surface area contributed by atoms with Crippen molar-refractivity contribution in [2.45, 2.75) is 32.2 Å². The number of nitrogens with two attached hydrogens (primary N) is 1. The van der Waals surface area contributed by atoms with E-state index in [1.165, 1.54) is 0 Å². The van der Waals surface area contributed by atoms with Crippen LogP contribution in [0.4, 0.5) is 0 Å². The van der Waals surface area contributed by atoms with E-state index in [0.29, 0.717) is 13.1 Å². The van der Waals surface area contributed by atoms with Crippen LogP contribution < -0.4 is 16.4 Å². The van der Waals surface area contributed by atoms with Crippen molar-refractivity contribution in [2.24, 2.45) is 5.73 Å². The van der Waals surface area contributed by atoms with Crippen molar-refractivity contribution < 1.29 is 4.79 Å². The molecule has 1 atom stereocenters. The molecule has 4 nitrogen and oxygen atoms in total. The van der Waals surface area contributed by atoms with Crippen molar-refractivity contribution in [1.82, 2.24) is 10.6 Å². The van der Waals surface area contributed by atoms with E-state index in [0.717, 1.165) is 25.0 Å². The normalized spacial score (nSPS) is 12.9. The van der Waals surface area contributed by atoms with Crippen LogP contribution in [0.25, 0.3) is 0 Å². The second kappa shape index (κ2) is 9.88. The highest BCUT2D eigenvalue weighted by molar-refractivity contribution is 5.77. The minimum Gasteiger partial charge on any atom is -0.379 e. The number of unbranched alkanes of at least 4 members (excludes halogenated alkanes) is 1. The van der Waals surface area contributed by atoms with Gasteiger partial charge >= 0.3 is 0 Å². The van der Waals surface area contributed by atoms with E-state index >= 15 is 0 Å². The molecule has 0 aromatic rings. The van der Waals surface area contributed by atoms with Crippen molar-refractivity contribution in [3.05, 3.63) is 11.8 Å². The minimum atomic E-state index is 0.0877. The van der Waals surface area contributed by atoms with Gasteiger partial charge in [0.2, 0.25) is 0 Å². The fraction of sp³-hybridized carbons (Fsp3) is 0.615. The fourth-order valence-corrected chi connectivity index (χ4v) is 1.54. The highest BCUT2D eigenvalue weighted by Gasteiger charge is 2.11. The van der Waals surface area contributed by atoms with Gasteiger partial charge in [-0.05, 0) is 33.4 Å². The molecular formula is C13H23N3O. The van der Waals surface area contributed by atoms with Crippen LogP contribution in [0.1, 0.15) is 26.2 Å². The van der Waals surface area contributed by atoms with Gasteiger partial charge in [-0.3, -0.25) is 4.79 Å². The molecule has 4 N–H and O–H groups in total. The van der Waals surface area contributed by atoms with Crippen molar-refractivity contribution in [1.29, 1.82) is 0 Å². The highest BCUT2D eigenvalue weighted by atomic mass is 16.1. The summed E-state index contributed by atoms with van der Waals surface area (Å²) in [7, 11) is 1.88. The third kappa shape index (κ3) is 7.56. The first-order valence-corrected chi connectivity index (χ1v) is 5.92. The Morgan fingerprint density at radius 3 is 2.71 bits per heavy atom. The zero-order chi connectivity index (χ0) is 13.1. The maximum atomic E-state index is 10.9. The molecule has 0 aliphatic carbocycles. The fourth-order valence-electron chi connectivity index (χ4n) is 1.54. The lowest BCUT2D eigenvalue weighted by Crippen LogP contribution is -2.36. The minimum absolute atomic E-state index is 0.0877. The van der Waals surface area contributed by atoms with Gasteiger partial charge in [0.15, 0.2) is 0 Å². The van der Waals surface area contributed by atoms with Crippen molar-refractivity contribution in [2.75, 3.05) is 20.1 Å². The molecule has 0 fully saturated rings. The van der Waals surface area contributed by atoms with Crippen LogP contribution in [0.3, 0.4) is 0 Å². The van der Waals surface area contributed by atoms with Gasteiger partial charge in [-0.2, -0.15) is 0 Å². The molecule has 0 unspecified atom stereocenters. The van der Waals surface area contributed by atoms with Crippen LogP contribution in [0, 0.1) is 12.3 Å². The largest absolute Gasteiger partial charge is 0.379 e. The average molecular weight is 237 g/mol. The molecule has 0 aromatic heterocycles. The van der Waals surface area contributed by atoms with Crippen LogP contribution in [-0.2, 0) is 4.79 Å². The Morgan fingerprint density at radius 1 is 1.53 bits per heavy atom. The summed E-state index contributed by atoms with van der Waals surface area (Å²) in [5.74, 6) is 2.58. The Bertz CT molecular complexity index is 292. The van der Waals surface area contributed by atoms with Gasteiger partial charge < -0.3 is 16.4 Å². The van der Waals surface area contributed by atoms with E-state index in [1.54, 1.807) is 13.0 Å². The predicted molar refractivity (Wildman–Crippen MR) is 71.4 cm³/mol. The summed E-state index contributed by atoms with van der Waals surface area (Å²) in [6.07, 6.45) is 9.94. The number of likely N-dealkylation sites (N-methyl/N-ethyl adjacent to an activating group) is 1. The summed E-state index contributed by atoms with van der Waals surface area (Å²) < 4.78 is 0. The molecule has 0 amide bonds. The second-order valence-electron chi connectivity index (χ2n) is 3.95. The lowest BCUT2D eigenvalue weighted by molar-refractivity contribution is -0.116. The van der Waals surface area contributed by atoms with Gasteiger partial charge in [0.1, 0.15) is 5.78 Å². The van der Waals surface area contributed by atoms with Gasteiger partial charge in [0.25, 0.3) is 0 Å². The Kier molecular flexibility index (Phi) is 9.12. The van der Waals surface area contributed by atoms with Gasteiger partial charge in [0, 0.05) is 17.8 Å². The number of rotatable bonds is 9. The molecule has 0 saturated heterocycles. The van der Waals surface area contributed by atoms with Crippen molar-refractivity contribution in [3.8, 4) is 12.3 Å². The standard InChI is InChI=1S/C13H23N3O/c1-4-7-13(16-10-11(2)17)12(15-3)8-5-6-9-14/h1,7,12,15-16H,5-6,8-10,14H2,2-3H3/b13-7+/t12-/m0/s1. The average Bonchev–Trinajstić information content (AvgIpc) is 2.30. The zero-order valence-corrected chi connectivity index (χ0v) is 10.8. The van der Waals surface area contributed by atoms with E-state index in [4.69, 9.17) is 12.2 Å². The SMILES string of the molecule is C#C/C=C(/NCC(C)=O)[C@H](CCCCN)NC. The number of carbonyl (C=O) groups is 1. The first kappa shape index (κ1) is 15.7. The third-order valence-electron chi connectivity index (χ3n) is 2.45.